The van der Waals surface area contributed by atoms with Gasteiger partial charge in [-0.15, -0.1) is 0 Å². The van der Waals surface area contributed by atoms with Crippen LogP contribution in [0.4, 0.5) is 0 Å². The summed E-state index contributed by atoms with van der Waals surface area (Å²) in [5.41, 5.74) is 2.14. The Bertz CT molecular complexity index is 1370. The third-order valence-electron chi connectivity index (χ3n) is 7.29. The van der Waals surface area contributed by atoms with Crippen molar-refractivity contribution in [3.8, 4) is 11.5 Å². The topological polar surface area (TPSA) is 101 Å². The normalized spacial score (nSPS) is 19.0. The standard InChI is InChI=1S/C32H35N3O6/c1-2-40-27-21-25(9-10-26(27)41-22-23-7-4-3-5-8-23)29-28(30(36)24-11-13-33-14-12-24)31(37)32(38)35(29)16-6-15-34-17-19-39-20-18-34/h3-5,7-14,21,29,36H,2,6,15-20,22H2,1H3/b30-28+. The molecule has 2 aliphatic rings. The summed E-state index contributed by atoms with van der Waals surface area (Å²) in [6, 6.07) is 17.7. The van der Waals surface area contributed by atoms with Crippen LogP contribution in [0, 0.1) is 0 Å². The minimum absolute atomic E-state index is 0.0491. The van der Waals surface area contributed by atoms with Crippen molar-refractivity contribution in [2.24, 2.45) is 0 Å². The van der Waals surface area contributed by atoms with Crippen molar-refractivity contribution in [2.45, 2.75) is 26.0 Å². The number of benzene rings is 2. The number of aliphatic hydroxyl groups excluding tert-OH is 1. The molecule has 9 heteroatoms. The number of morpholine rings is 1. The first-order valence-corrected chi connectivity index (χ1v) is 14.0. The van der Waals surface area contributed by atoms with Crippen molar-refractivity contribution in [3.05, 3.63) is 95.3 Å². The van der Waals surface area contributed by atoms with Crippen LogP contribution in [0.5, 0.6) is 11.5 Å². The summed E-state index contributed by atoms with van der Waals surface area (Å²) in [5, 5.41) is 11.3. The molecule has 1 unspecified atom stereocenters. The number of rotatable bonds is 11. The highest BCUT2D eigenvalue weighted by molar-refractivity contribution is 6.46. The van der Waals surface area contributed by atoms with E-state index in [1.165, 1.54) is 12.4 Å². The van der Waals surface area contributed by atoms with Gasteiger partial charge >= 0.3 is 0 Å². The molecule has 1 atom stereocenters. The van der Waals surface area contributed by atoms with Gasteiger partial charge in [-0.05, 0) is 48.7 Å². The number of pyridine rings is 1. The van der Waals surface area contributed by atoms with Gasteiger partial charge in [0.15, 0.2) is 11.5 Å². The predicted octanol–water partition coefficient (Wildman–Crippen LogP) is 4.20. The number of carbonyl (C=O) groups is 2. The second kappa shape index (κ2) is 13.4. The lowest BCUT2D eigenvalue weighted by Gasteiger charge is -2.29. The minimum atomic E-state index is -0.782. The first kappa shape index (κ1) is 28.3. The number of ether oxygens (including phenoxy) is 3. The van der Waals surface area contributed by atoms with Crippen LogP contribution in [0.1, 0.15) is 36.1 Å². The Hall–Kier alpha value is -4.21. The van der Waals surface area contributed by atoms with E-state index < -0.39 is 17.7 Å². The van der Waals surface area contributed by atoms with Gasteiger partial charge in [0.2, 0.25) is 0 Å². The Balaban J connectivity index is 1.48. The van der Waals surface area contributed by atoms with E-state index in [2.05, 4.69) is 9.88 Å². The third-order valence-corrected chi connectivity index (χ3v) is 7.29. The Morgan fingerprint density at radius 2 is 1.73 bits per heavy atom. The SMILES string of the molecule is CCOc1cc(C2/C(=C(\O)c3ccncc3)C(=O)C(=O)N2CCCN2CCOCC2)ccc1OCc1ccccc1. The largest absolute Gasteiger partial charge is 0.507 e. The molecule has 1 aromatic heterocycles. The molecule has 0 spiro atoms. The summed E-state index contributed by atoms with van der Waals surface area (Å²) < 4.78 is 17.5. The van der Waals surface area contributed by atoms with Crippen molar-refractivity contribution < 1.29 is 28.9 Å². The van der Waals surface area contributed by atoms with E-state index in [9.17, 15) is 14.7 Å². The van der Waals surface area contributed by atoms with Gasteiger partial charge in [-0.2, -0.15) is 0 Å². The summed E-state index contributed by atoms with van der Waals surface area (Å²) >= 11 is 0. The zero-order chi connectivity index (χ0) is 28.6. The van der Waals surface area contributed by atoms with Gasteiger partial charge in [-0.25, -0.2) is 0 Å². The van der Waals surface area contributed by atoms with Crippen molar-refractivity contribution in [2.75, 3.05) is 46.0 Å². The highest BCUT2D eigenvalue weighted by Crippen LogP contribution is 2.42. The van der Waals surface area contributed by atoms with Crippen LogP contribution in [-0.4, -0.2) is 77.6 Å². The van der Waals surface area contributed by atoms with Gasteiger partial charge in [0, 0.05) is 44.1 Å². The molecule has 5 rings (SSSR count). The molecule has 0 saturated carbocycles. The van der Waals surface area contributed by atoms with Crippen molar-refractivity contribution in [3.63, 3.8) is 0 Å². The van der Waals surface area contributed by atoms with Gasteiger partial charge in [-0.1, -0.05) is 36.4 Å². The lowest BCUT2D eigenvalue weighted by molar-refractivity contribution is -0.140. The molecule has 9 nitrogen and oxygen atoms in total. The fourth-order valence-electron chi connectivity index (χ4n) is 5.23. The lowest BCUT2D eigenvalue weighted by Crippen LogP contribution is -2.39. The number of amides is 1. The van der Waals surface area contributed by atoms with Crippen LogP contribution < -0.4 is 9.47 Å². The Morgan fingerprint density at radius 3 is 2.46 bits per heavy atom. The molecular weight excluding hydrogens is 522 g/mol. The van der Waals surface area contributed by atoms with Crippen LogP contribution >= 0.6 is 0 Å². The molecule has 2 saturated heterocycles. The average Bonchev–Trinajstić information content (AvgIpc) is 3.27. The van der Waals surface area contributed by atoms with Crippen LogP contribution in [0.3, 0.4) is 0 Å². The van der Waals surface area contributed by atoms with Crippen molar-refractivity contribution in [1.82, 2.24) is 14.8 Å². The van der Waals surface area contributed by atoms with Gasteiger partial charge in [-0.3, -0.25) is 19.5 Å². The van der Waals surface area contributed by atoms with Crippen LogP contribution in [0.15, 0.2) is 78.6 Å². The molecule has 0 bridgehead atoms. The van der Waals surface area contributed by atoms with Crippen LogP contribution in [-0.2, 0) is 20.9 Å². The molecule has 214 valence electrons. The second-order valence-electron chi connectivity index (χ2n) is 9.95. The highest BCUT2D eigenvalue weighted by Gasteiger charge is 2.46. The number of likely N-dealkylation sites (tertiary alicyclic amines) is 1. The molecule has 3 heterocycles. The van der Waals surface area contributed by atoms with Gasteiger partial charge < -0.3 is 24.2 Å². The number of hydrogen-bond acceptors (Lipinski definition) is 8. The average molecular weight is 558 g/mol. The molecule has 41 heavy (non-hydrogen) atoms. The maximum absolute atomic E-state index is 13.4. The first-order chi connectivity index (χ1) is 20.1. The van der Waals surface area contributed by atoms with Crippen molar-refractivity contribution >= 4 is 17.4 Å². The number of aromatic nitrogens is 1. The number of ketones is 1. The third kappa shape index (κ3) is 6.58. The summed E-state index contributed by atoms with van der Waals surface area (Å²) in [5.74, 6) is -0.511. The van der Waals surface area contributed by atoms with E-state index in [1.807, 2.05) is 43.3 Å². The van der Waals surface area contributed by atoms with Crippen LogP contribution in [0.2, 0.25) is 0 Å². The summed E-state index contributed by atoms with van der Waals surface area (Å²) in [4.78, 5) is 34.6. The number of nitrogens with zero attached hydrogens (tertiary/aromatic N) is 3. The smallest absolute Gasteiger partial charge is 0.295 e. The van der Waals surface area contributed by atoms with Gasteiger partial charge in [0.05, 0.1) is 31.4 Å². The summed E-state index contributed by atoms with van der Waals surface area (Å²) in [6.45, 7) is 6.85. The molecule has 1 N–H and O–H groups in total. The first-order valence-electron chi connectivity index (χ1n) is 14.0. The monoisotopic (exact) mass is 557 g/mol. The molecule has 2 fully saturated rings. The van der Waals surface area contributed by atoms with Gasteiger partial charge in [0.1, 0.15) is 12.4 Å². The van der Waals surface area contributed by atoms with E-state index in [1.54, 1.807) is 29.2 Å². The summed E-state index contributed by atoms with van der Waals surface area (Å²) in [7, 11) is 0. The second-order valence-corrected chi connectivity index (χ2v) is 9.95. The van der Waals surface area contributed by atoms with E-state index in [0.717, 1.165) is 25.2 Å². The van der Waals surface area contributed by atoms with E-state index >= 15 is 0 Å². The summed E-state index contributed by atoms with van der Waals surface area (Å²) in [6.07, 6.45) is 3.75. The Labute approximate surface area is 240 Å². The molecule has 3 aromatic rings. The number of carbonyl (C=O) groups excluding carboxylic acids is 2. The molecule has 2 aliphatic heterocycles. The van der Waals surface area contributed by atoms with E-state index in [4.69, 9.17) is 14.2 Å². The lowest BCUT2D eigenvalue weighted by atomic mass is 9.95. The minimum Gasteiger partial charge on any atom is -0.507 e. The Kier molecular flexibility index (Phi) is 9.28. The zero-order valence-electron chi connectivity index (χ0n) is 23.2. The zero-order valence-corrected chi connectivity index (χ0v) is 23.2. The highest BCUT2D eigenvalue weighted by atomic mass is 16.5. The molecule has 0 aliphatic carbocycles. The molecular formula is C32H35N3O6. The molecule has 2 aromatic carbocycles. The number of Topliss-reactive ketones (excluding diaryl/α,β-unsaturated/α-hetero) is 1. The predicted molar refractivity (Wildman–Crippen MR) is 154 cm³/mol. The van der Waals surface area contributed by atoms with Crippen LogP contribution in [0.25, 0.3) is 5.76 Å². The van der Waals surface area contributed by atoms with E-state index in [0.29, 0.717) is 62.0 Å². The fourth-order valence-corrected chi connectivity index (χ4v) is 5.23. The molecule has 0 radical (unpaired) electrons. The fraction of sp³-hybridized carbons (Fsp3) is 0.344. The van der Waals surface area contributed by atoms with Crippen molar-refractivity contribution in [1.29, 1.82) is 0 Å². The molecule has 1 amide bonds. The number of hydrogen-bond donors (Lipinski definition) is 1. The van der Waals surface area contributed by atoms with Gasteiger partial charge in [0.25, 0.3) is 11.7 Å². The van der Waals surface area contributed by atoms with E-state index in [-0.39, 0.29) is 11.3 Å². The Morgan fingerprint density at radius 1 is 0.976 bits per heavy atom. The maximum Gasteiger partial charge on any atom is 0.295 e. The maximum atomic E-state index is 13.4. The quantitative estimate of drug-likeness (QED) is 0.213. The number of aliphatic hydroxyl groups is 1.